The number of carbonyl (C=O) groups is 3. The van der Waals surface area contributed by atoms with Crippen LogP contribution < -0.4 is 16.0 Å². The summed E-state index contributed by atoms with van der Waals surface area (Å²) in [6.45, 7) is 4.62. The maximum absolute atomic E-state index is 13.0. The average Bonchev–Trinajstić information content (AvgIpc) is 2.72. The summed E-state index contributed by atoms with van der Waals surface area (Å²) in [5, 5.41) is 8.46. The van der Waals surface area contributed by atoms with Crippen molar-refractivity contribution in [2.24, 2.45) is 5.92 Å². The summed E-state index contributed by atoms with van der Waals surface area (Å²) < 4.78 is 4.90. The molecule has 1 unspecified atom stereocenters. The normalized spacial score (nSPS) is 11.6. The SMILES string of the molecule is COCCNC(=O)c1ccc(NC(=O)C(NC(=O)CC(C)C)c2ccccc2)cc1Cl. The summed E-state index contributed by atoms with van der Waals surface area (Å²) in [7, 11) is 1.55. The third-order valence-electron chi connectivity index (χ3n) is 4.37. The largest absolute Gasteiger partial charge is 0.383 e. The summed E-state index contributed by atoms with van der Waals surface area (Å²) in [6.07, 6.45) is 0.315. The minimum Gasteiger partial charge on any atom is -0.383 e. The smallest absolute Gasteiger partial charge is 0.252 e. The van der Waals surface area contributed by atoms with Crippen LogP contribution in [0.25, 0.3) is 0 Å². The number of benzene rings is 2. The van der Waals surface area contributed by atoms with E-state index in [0.29, 0.717) is 36.4 Å². The van der Waals surface area contributed by atoms with Gasteiger partial charge in [0.2, 0.25) is 5.91 Å². The first-order chi connectivity index (χ1) is 14.8. The minimum atomic E-state index is -0.858. The van der Waals surface area contributed by atoms with Crippen molar-refractivity contribution < 1.29 is 19.1 Å². The molecule has 0 saturated carbocycles. The summed E-state index contributed by atoms with van der Waals surface area (Å²) >= 11 is 6.25. The molecule has 31 heavy (non-hydrogen) atoms. The monoisotopic (exact) mass is 445 g/mol. The zero-order valence-corrected chi connectivity index (χ0v) is 18.7. The number of hydrogen-bond donors (Lipinski definition) is 3. The molecule has 0 radical (unpaired) electrons. The Morgan fingerprint density at radius 3 is 2.39 bits per heavy atom. The van der Waals surface area contributed by atoms with E-state index in [0.717, 1.165) is 0 Å². The van der Waals surface area contributed by atoms with E-state index in [-0.39, 0.29) is 22.8 Å². The van der Waals surface area contributed by atoms with Gasteiger partial charge in [0.15, 0.2) is 0 Å². The van der Waals surface area contributed by atoms with E-state index in [1.54, 1.807) is 37.4 Å². The first-order valence-electron chi connectivity index (χ1n) is 10.0. The number of methoxy groups -OCH3 is 1. The third-order valence-corrected chi connectivity index (χ3v) is 4.68. The maximum Gasteiger partial charge on any atom is 0.252 e. The van der Waals surface area contributed by atoms with Crippen molar-refractivity contribution in [1.82, 2.24) is 10.6 Å². The van der Waals surface area contributed by atoms with Gasteiger partial charge in [-0.1, -0.05) is 55.8 Å². The van der Waals surface area contributed by atoms with E-state index in [2.05, 4.69) is 16.0 Å². The molecule has 1 atom stereocenters. The molecule has 0 saturated heterocycles. The Balaban J connectivity index is 2.14. The first kappa shape index (κ1) is 24.4. The van der Waals surface area contributed by atoms with E-state index in [1.807, 2.05) is 19.9 Å². The van der Waals surface area contributed by atoms with E-state index in [9.17, 15) is 14.4 Å². The molecule has 3 N–H and O–H groups in total. The molecule has 2 aromatic carbocycles. The Labute approximate surface area is 187 Å². The molecule has 0 aliphatic rings. The Morgan fingerprint density at radius 1 is 1.06 bits per heavy atom. The molecule has 0 heterocycles. The second-order valence-corrected chi connectivity index (χ2v) is 7.85. The number of rotatable bonds is 10. The molecule has 0 bridgehead atoms. The molecule has 166 valence electrons. The third kappa shape index (κ3) is 7.70. The van der Waals surface area contributed by atoms with Crippen LogP contribution in [0, 0.1) is 5.92 Å². The molecule has 0 spiro atoms. The zero-order valence-electron chi connectivity index (χ0n) is 17.9. The van der Waals surface area contributed by atoms with Gasteiger partial charge in [0.25, 0.3) is 11.8 Å². The van der Waals surface area contributed by atoms with Crippen LogP contribution >= 0.6 is 11.6 Å². The van der Waals surface area contributed by atoms with Gasteiger partial charge in [-0.3, -0.25) is 14.4 Å². The maximum atomic E-state index is 13.0. The van der Waals surface area contributed by atoms with Crippen LogP contribution in [0.4, 0.5) is 5.69 Å². The zero-order chi connectivity index (χ0) is 22.8. The Morgan fingerprint density at radius 2 is 1.77 bits per heavy atom. The lowest BCUT2D eigenvalue weighted by molar-refractivity contribution is -0.127. The molecule has 3 amide bonds. The summed E-state index contributed by atoms with van der Waals surface area (Å²) in [4.78, 5) is 37.5. The van der Waals surface area contributed by atoms with Crippen molar-refractivity contribution in [2.45, 2.75) is 26.3 Å². The molecular weight excluding hydrogens is 418 g/mol. The highest BCUT2D eigenvalue weighted by molar-refractivity contribution is 6.34. The van der Waals surface area contributed by atoms with Crippen LogP contribution in [0.1, 0.15) is 42.2 Å². The van der Waals surface area contributed by atoms with E-state index in [1.165, 1.54) is 12.1 Å². The van der Waals surface area contributed by atoms with E-state index < -0.39 is 11.9 Å². The fourth-order valence-electron chi connectivity index (χ4n) is 2.89. The Kier molecular flexibility index (Phi) is 9.49. The van der Waals surface area contributed by atoms with Crippen molar-refractivity contribution >= 4 is 35.0 Å². The molecule has 0 aliphatic heterocycles. The molecular formula is C23H28ClN3O4. The van der Waals surface area contributed by atoms with Gasteiger partial charge in [0.1, 0.15) is 6.04 Å². The second kappa shape index (κ2) is 12.1. The quantitative estimate of drug-likeness (QED) is 0.487. The van der Waals surface area contributed by atoms with Gasteiger partial charge >= 0.3 is 0 Å². The second-order valence-electron chi connectivity index (χ2n) is 7.44. The van der Waals surface area contributed by atoms with Crippen LogP contribution in [-0.4, -0.2) is 38.0 Å². The summed E-state index contributed by atoms with van der Waals surface area (Å²) in [5.74, 6) is -0.777. The molecule has 7 nitrogen and oxygen atoms in total. The lowest BCUT2D eigenvalue weighted by Crippen LogP contribution is -2.37. The highest BCUT2D eigenvalue weighted by Crippen LogP contribution is 2.23. The van der Waals surface area contributed by atoms with Crippen molar-refractivity contribution in [2.75, 3.05) is 25.6 Å². The predicted octanol–water partition coefficient (Wildman–Crippen LogP) is 3.56. The predicted molar refractivity (Wildman–Crippen MR) is 121 cm³/mol. The average molecular weight is 446 g/mol. The number of amides is 3. The van der Waals surface area contributed by atoms with E-state index in [4.69, 9.17) is 16.3 Å². The van der Waals surface area contributed by atoms with Crippen LogP contribution in [0.3, 0.4) is 0 Å². The fourth-order valence-corrected chi connectivity index (χ4v) is 3.16. The standard InChI is InChI=1S/C23H28ClN3O4/c1-15(2)13-20(28)27-21(16-7-5-4-6-8-16)23(30)26-17-9-10-18(19(24)14-17)22(29)25-11-12-31-3/h4-10,14-15,21H,11-13H2,1-3H3,(H,25,29)(H,26,30)(H,27,28). The van der Waals surface area contributed by atoms with Gasteiger partial charge in [-0.25, -0.2) is 0 Å². The Hall–Kier alpha value is -2.90. The van der Waals surface area contributed by atoms with Crippen LogP contribution in [0.2, 0.25) is 5.02 Å². The number of hydrogen-bond acceptors (Lipinski definition) is 4. The van der Waals surface area contributed by atoms with Crippen LogP contribution in [0.5, 0.6) is 0 Å². The summed E-state index contributed by atoms with van der Waals surface area (Å²) in [6, 6.07) is 12.8. The number of carbonyl (C=O) groups excluding carboxylic acids is 3. The molecule has 2 rings (SSSR count). The van der Waals surface area contributed by atoms with Crippen molar-refractivity contribution in [1.29, 1.82) is 0 Å². The fraction of sp³-hybridized carbons (Fsp3) is 0.348. The van der Waals surface area contributed by atoms with Gasteiger partial charge < -0.3 is 20.7 Å². The van der Waals surface area contributed by atoms with E-state index >= 15 is 0 Å². The lowest BCUT2D eigenvalue weighted by atomic mass is 10.0. The number of ether oxygens (including phenoxy) is 1. The van der Waals surface area contributed by atoms with Crippen molar-refractivity contribution in [3.05, 3.63) is 64.7 Å². The number of nitrogens with one attached hydrogen (secondary N) is 3. The lowest BCUT2D eigenvalue weighted by Gasteiger charge is -2.20. The topological polar surface area (TPSA) is 96.5 Å². The van der Waals surface area contributed by atoms with Crippen LogP contribution in [-0.2, 0) is 14.3 Å². The van der Waals surface area contributed by atoms with Crippen molar-refractivity contribution in [3.8, 4) is 0 Å². The molecule has 0 fully saturated rings. The summed E-state index contributed by atoms with van der Waals surface area (Å²) in [5.41, 5.74) is 1.38. The van der Waals surface area contributed by atoms with Gasteiger partial charge in [-0.15, -0.1) is 0 Å². The molecule has 0 aliphatic carbocycles. The highest BCUT2D eigenvalue weighted by Gasteiger charge is 2.23. The van der Waals surface area contributed by atoms with Crippen molar-refractivity contribution in [3.63, 3.8) is 0 Å². The number of anilines is 1. The van der Waals surface area contributed by atoms with Gasteiger partial charge in [-0.2, -0.15) is 0 Å². The van der Waals surface area contributed by atoms with Gasteiger partial charge in [-0.05, 0) is 29.7 Å². The number of halogens is 1. The molecule has 8 heteroatoms. The molecule has 0 aromatic heterocycles. The van der Waals surface area contributed by atoms with Crippen LogP contribution in [0.15, 0.2) is 48.5 Å². The Bertz CT molecular complexity index is 903. The molecule has 2 aromatic rings. The highest BCUT2D eigenvalue weighted by atomic mass is 35.5. The first-order valence-corrected chi connectivity index (χ1v) is 10.4. The van der Waals surface area contributed by atoms with Gasteiger partial charge in [0.05, 0.1) is 17.2 Å². The van der Waals surface area contributed by atoms with Gasteiger partial charge in [0, 0.05) is 25.8 Å². The minimum absolute atomic E-state index is 0.167.